The summed E-state index contributed by atoms with van der Waals surface area (Å²) >= 11 is 0. The molecule has 1 aliphatic rings. The highest BCUT2D eigenvalue weighted by Gasteiger charge is 2.20. The van der Waals surface area contributed by atoms with E-state index >= 15 is 0 Å². The van der Waals surface area contributed by atoms with Gasteiger partial charge < -0.3 is 5.32 Å². The Kier molecular flexibility index (Phi) is 3.79. The van der Waals surface area contributed by atoms with Gasteiger partial charge in [-0.2, -0.15) is 0 Å². The summed E-state index contributed by atoms with van der Waals surface area (Å²) in [5.41, 5.74) is -1.93. The maximum absolute atomic E-state index is 11.8. The van der Waals surface area contributed by atoms with Crippen molar-refractivity contribution < 1.29 is 4.92 Å². The summed E-state index contributed by atoms with van der Waals surface area (Å²) in [6, 6.07) is 0.560. The number of aromatic nitrogens is 2. The van der Waals surface area contributed by atoms with Crippen molar-refractivity contribution in [3.8, 4) is 0 Å². The molecular formula is C11H16N4O4. The van der Waals surface area contributed by atoms with Gasteiger partial charge in [-0.1, -0.05) is 0 Å². The summed E-state index contributed by atoms with van der Waals surface area (Å²) in [5.74, 6) is 0. The minimum Gasteiger partial charge on any atom is -0.314 e. The Balaban J connectivity index is 2.15. The lowest BCUT2D eigenvalue weighted by Gasteiger charge is -2.07. The highest BCUT2D eigenvalue weighted by molar-refractivity contribution is 5.21. The van der Waals surface area contributed by atoms with E-state index in [1.54, 1.807) is 0 Å². The van der Waals surface area contributed by atoms with Crippen LogP contribution in [0.5, 0.6) is 0 Å². The van der Waals surface area contributed by atoms with Gasteiger partial charge in [0.2, 0.25) is 0 Å². The van der Waals surface area contributed by atoms with E-state index in [1.807, 2.05) is 0 Å². The maximum atomic E-state index is 11.8. The number of aryl methyl sites for hydroxylation is 1. The summed E-state index contributed by atoms with van der Waals surface area (Å²) < 4.78 is 1.99. The van der Waals surface area contributed by atoms with Crippen LogP contribution >= 0.6 is 0 Å². The van der Waals surface area contributed by atoms with Crippen LogP contribution in [-0.4, -0.2) is 26.6 Å². The monoisotopic (exact) mass is 268 g/mol. The van der Waals surface area contributed by atoms with Crippen molar-refractivity contribution in [1.29, 1.82) is 0 Å². The third kappa shape index (κ3) is 3.08. The van der Waals surface area contributed by atoms with Gasteiger partial charge in [-0.25, -0.2) is 4.79 Å². The van der Waals surface area contributed by atoms with E-state index < -0.39 is 21.9 Å². The van der Waals surface area contributed by atoms with Crippen molar-refractivity contribution in [2.45, 2.75) is 31.8 Å². The van der Waals surface area contributed by atoms with Crippen molar-refractivity contribution >= 4 is 5.69 Å². The van der Waals surface area contributed by atoms with Gasteiger partial charge in [-0.15, -0.1) is 0 Å². The standard InChI is InChI=1S/C11H16N4O4/c1-13-7-9(15(18)19)10(16)14(11(13)17)6-2-5-12-8-3-4-8/h7-8,12H,2-6H2,1H3. The second kappa shape index (κ2) is 5.35. The van der Waals surface area contributed by atoms with E-state index in [2.05, 4.69) is 5.32 Å². The summed E-state index contributed by atoms with van der Waals surface area (Å²) in [6.07, 6.45) is 3.88. The molecule has 0 aromatic carbocycles. The lowest BCUT2D eigenvalue weighted by molar-refractivity contribution is -0.387. The predicted octanol–water partition coefficient (Wildman–Crippen LogP) is -0.403. The Hall–Kier alpha value is -1.96. The average molecular weight is 268 g/mol. The number of nitrogens with one attached hydrogen (secondary N) is 1. The van der Waals surface area contributed by atoms with Crippen LogP contribution in [0.3, 0.4) is 0 Å². The topological polar surface area (TPSA) is 99.2 Å². The van der Waals surface area contributed by atoms with Crippen molar-refractivity contribution in [3.05, 3.63) is 37.1 Å². The van der Waals surface area contributed by atoms with Crippen LogP contribution in [0.4, 0.5) is 5.69 Å². The molecule has 2 rings (SSSR count). The van der Waals surface area contributed by atoms with Gasteiger partial charge in [0.1, 0.15) is 0 Å². The zero-order chi connectivity index (χ0) is 14.0. The van der Waals surface area contributed by atoms with Gasteiger partial charge >= 0.3 is 16.9 Å². The molecule has 1 N–H and O–H groups in total. The molecule has 0 bridgehead atoms. The molecule has 0 aliphatic heterocycles. The van der Waals surface area contributed by atoms with Gasteiger partial charge in [0, 0.05) is 19.6 Å². The first-order valence-electron chi connectivity index (χ1n) is 6.19. The molecule has 0 amide bonds. The maximum Gasteiger partial charge on any atom is 0.350 e. The molecule has 8 nitrogen and oxygen atoms in total. The van der Waals surface area contributed by atoms with Crippen molar-refractivity contribution in [1.82, 2.24) is 14.5 Å². The molecule has 8 heteroatoms. The first-order chi connectivity index (χ1) is 9.00. The predicted molar refractivity (Wildman–Crippen MR) is 68.2 cm³/mol. The fourth-order valence-electron chi connectivity index (χ4n) is 1.86. The quantitative estimate of drug-likeness (QED) is 0.430. The van der Waals surface area contributed by atoms with E-state index in [0.29, 0.717) is 19.0 Å². The number of nitro groups is 1. The Labute approximate surface area is 108 Å². The van der Waals surface area contributed by atoms with Gasteiger partial charge in [0.05, 0.1) is 11.1 Å². The largest absolute Gasteiger partial charge is 0.350 e. The fourth-order valence-corrected chi connectivity index (χ4v) is 1.86. The van der Waals surface area contributed by atoms with Crippen LogP contribution < -0.4 is 16.6 Å². The van der Waals surface area contributed by atoms with Gasteiger partial charge in [-0.05, 0) is 25.8 Å². The molecule has 19 heavy (non-hydrogen) atoms. The van der Waals surface area contributed by atoms with Crippen LogP contribution in [0.15, 0.2) is 15.8 Å². The Bertz CT molecular complexity index is 600. The van der Waals surface area contributed by atoms with Crippen molar-refractivity contribution in [2.75, 3.05) is 6.54 Å². The van der Waals surface area contributed by atoms with Gasteiger partial charge in [-0.3, -0.25) is 24.0 Å². The molecule has 1 aromatic rings. The molecule has 1 aromatic heterocycles. The Morgan fingerprint density at radius 1 is 1.47 bits per heavy atom. The van der Waals surface area contributed by atoms with E-state index in [9.17, 15) is 19.7 Å². The summed E-state index contributed by atoms with van der Waals surface area (Å²) in [5, 5.41) is 14.0. The minimum atomic E-state index is -0.834. The van der Waals surface area contributed by atoms with E-state index in [1.165, 1.54) is 19.9 Å². The van der Waals surface area contributed by atoms with Crippen molar-refractivity contribution in [2.24, 2.45) is 7.05 Å². The SMILES string of the molecule is Cn1cc([N+](=O)[O-])c(=O)n(CCCNC2CC2)c1=O. The second-order valence-corrected chi connectivity index (χ2v) is 4.70. The lowest BCUT2D eigenvalue weighted by atomic mass is 10.4. The summed E-state index contributed by atoms with van der Waals surface area (Å²) in [6.45, 7) is 0.885. The van der Waals surface area contributed by atoms with Gasteiger partial charge in [0.25, 0.3) is 0 Å². The smallest absolute Gasteiger partial charge is 0.314 e. The third-order valence-electron chi connectivity index (χ3n) is 3.08. The number of nitrogens with zero attached hydrogens (tertiary/aromatic N) is 3. The Morgan fingerprint density at radius 3 is 2.74 bits per heavy atom. The molecule has 0 radical (unpaired) electrons. The van der Waals surface area contributed by atoms with E-state index in [4.69, 9.17) is 0 Å². The summed E-state index contributed by atoms with van der Waals surface area (Å²) in [7, 11) is 1.40. The Morgan fingerprint density at radius 2 is 2.16 bits per heavy atom. The second-order valence-electron chi connectivity index (χ2n) is 4.70. The normalized spacial score (nSPS) is 14.6. The van der Waals surface area contributed by atoms with E-state index in [0.717, 1.165) is 15.3 Å². The molecule has 1 fully saturated rings. The molecule has 0 unspecified atom stereocenters. The minimum absolute atomic E-state index is 0.187. The fraction of sp³-hybridized carbons (Fsp3) is 0.636. The molecule has 104 valence electrons. The molecule has 1 heterocycles. The zero-order valence-corrected chi connectivity index (χ0v) is 10.7. The lowest BCUT2D eigenvalue weighted by Crippen LogP contribution is -2.40. The highest BCUT2D eigenvalue weighted by atomic mass is 16.6. The zero-order valence-electron chi connectivity index (χ0n) is 10.7. The van der Waals surface area contributed by atoms with Crippen LogP contribution in [0.25, 0.3) is 0 Å². The molecule has 1 aliphatic carbocycles. The van der Waals surface area contributed by atoms with Crippen LogP contribution in [0, 0.1) is 10.1 Å². The van der Waals surface area contributed by atoms with Crippen LogP contribution in [-0.2, 0) is 13.6 Å². The molecular weight excluding hydrogens is 252 g/mol. The van der Waals surface area contributed by atoms with E-state index in [-0.39, 0.29) is 6.54 Å². The van der Waals surface area contributed by atoms with Gasteiger partial charge in [0.15, 0.2) is 0 Å². The summed E-state index contributed by atoms with van der Waals surface area (Å²) in [4.78, 5) is 33.6. The van der Waals surface area contributed by atoms with Crippen LogP contribution in [0.2, 0.25) is 0 Å². The molecule has 0 spiro atoms. The molecule has 0 atom stereocenters. The van der Waals surface area contributed by atoms with Crippen LogP contribution in [0.1, 0.15) is 19.3 Å². The first kappa shape index (κ1) is 13.5. The molecule has 1 saturated carbocycles. The average Bonchev–Trinajstić information content (AvgIpc) is 3.16. The number of hydrogen-bond acceptors (Lipinski definition) is 5. The first-order valence-corrected chi connectivity index (χ1v) is 6.19. The number of hydrogen-bond donors (Lipinski definition) is 1. The van der Waals surface area contributed by atoms with Crippen molar-refractivity contribution in [3.63, 3.8) is 0 Å². The highest BCUT2D eigenvalue weighted by Crippen LogP contribution is 2.18. The number of rotatable bonds is 6. The third-order valence-corrected chi connectivity index (χ3v) is 3.08. The molecule has 0 saturated heterocycles.